The first-order chi connectivity index (χ1) is 14.2. The van der Waals surface area contributed by atoms with Gasteiger partial charge in [0.2, 0.25) is 0 Å². The van der Waals surface area contributed by atoms with Gasteiger partial charge in [-0.25, -0.2) is 0 Å². The molecule has 1 amide bonds. The van der Waals surface area contributed by atoms with E-state index in [1.54, 1.807) is 0 Å². The number of anilines is 2. The number of hydrogen-bond acceptors (Lipinski definition) is 3. The molecule has 0 bridgehead atoms. The number of nitrogens with zero attached hydrogens (tertiary/aromatic N) is 1. The summed E-state index contributed by atoms with van der Waals surface area (Å²) in [5, 5.41) is 3.07. The lowest BCUT2D eigenvalue weighted by molar-refractivity contribution is 0.102. The van der Waals surface area contributed by atoms with Gasteiger partial charge in [0.15, 0.2) is 0 Å². The summed E-state index contributed by atoms with van der Waals surface area (Å²) in [6.07, 6.45) is 2.50. The monoisotopic (exact) mass is 386 g/mol. The van der Waals surface area contributed by atoms with Crippen LogP contribution < -0.4 is 15.0 Å². The largest absolute Gasteiger partial charge is 0.489 e. The Morgan fingerprint density at radius 1 is 0.966 bits per heavy atom. The van der Waals surface area contributed by atoms with Gasteiger partial charge >= 0.3 is 0 Å². The Morgan fingerprint density at radius 2 is 1.69 bits per heavy atom. The van der Waals surface area contributed by atoms with Gasteiger partial charge in [0.05, 0.1) is 0 Å². The predicted molar refractivity (Wildman–Crippen MR) is 118 cm³/mol. The molecule has 0 unspecified atom stereocenters. The third-order valence-corrected chi connectivity index (χ3v) is 5.33. The molecule has 1 heterocycles. The van der Waals surface area contributed by atoms with Crippen LogP contribution in [0.3, 0.4) is 0 Å². The lowest BCUT2D eigenvalue weighted by Gasteiger charge is -2.19. The standard InChI is InChI=1S/C25H26N2O2/c1-19-17-21(27-15-7-8-16-27)13-14-24(19)26-25(28)23-12-6-5-9-20(23)18-29-22-10-3-2-4-11-22/h2-6,9-14,17H,7-8,15-16,18H2,1H3,(H,26,28). The maximum atomic E-state index is 13.0. The number of benzene rings is 3. The summed E-state index contributed by atoms with van der Waals surface area (Å²) in [6, 6.07) is 23.5. The van der Waals surface area contributed by atoms with Gasteiger partial charge in [0.25, 0.3) is 5.91 Å². The highest BCUT2D eigenvalue weighted by Crippen LogP contribution is 2.26. The second-order valence-electron chi connectivity index (χ2n) is 7.41. The van der Waals surface area contributed by atoms with Crippen LogP contribution in [0.2, 0.25) is 0 Å². The van der Waals surface area contributed by atoms with Crippen molar-refractivity contribution in [2.75, 3.05) is 23.3 Å². The third kappa shape index (κ3) is 4.60. The molecule has 3 aromatic carbocycles. The van der Waals surface area contributed by atoms with Crippen LogP contribution >= 0.6 is 0 Å². The molecule has 4 nitrogen and oxygen atoms in total. The molecule has 1 aliphatic heterocycles. The van der Waals surface area contributed by atoms with Crippen LogP contribution in [0.15, 0.2) is 72.8 Å². The Balaban J connectivity index is 1.47. The molecule has 4 rings (SSSR count). The van der Waals surface area contributed by atoms with Gasteiger partial charge < -0.3 is 15.0 Å². The first kappa shape index (κ1) is 19.1. The second kappa shape index (κ2) is 8.82. The Labute approximate surface area is 172 Å². The highest BCUT2D eigenvalue weighted by atomic mass is 16.5. The molecule has 29 heavy (non-hydrogen) atoms. The number of para-hydroxylation sites is 1. The van der Waals surface area contributed by atoms with E-state index < -0.39 is 0 Å². The van der Waals surface area contributed by atoms with Crippen molar-refractivity contribution < 1.29 is 9.53 Å². The van der Waals surface area contributed by atoms with E-state index in [0.717, 1.165) is 35.7 Å². The van der Waals surface area contributed by atoms with Gasteiger partial charge in [-0.05, 0) is 61.7 Å². The minimum absolute atomic E-state index is 0.116. The van der Waals surface area contributed by atoms with Crippen molar-refractivity contribution in [3.8, 4) is 5.75 Å². The van der Waals surface area contributed by atoms with Gasteiger partial charge in [0, 0.05) is 35.6 Å². The maximum absolute atomic E-state index is 13.0. The molecule has 0 aromatic heterocycles. The van der Waals surface area contributed by atoms with Gasteiger partial charge in [-0.1, -0.05) is 36.4 Å². The van der Waals surface area contributed by atoms with E-state index in [2.05, 4.69) is 22.3 Å². The SMILES string of the molecule is Cc1cc(N2CCCC2)ccc1NC(=O)c1ccccc1COc1ccccc1. The second-order valence-corrected chi connectivity index (χ2v) is 7.41. The number of carbonyl (C=O) groups excluding carboxylic acids is 1. The van der Waals surface area contributed by atoms with Crippen LogP contribution in [-0.4, -0.2) is 19.0 Å². The molecule has 1 saturated heterocycles. The molecule has 1 aliphatic rings. The van der Waals surface area contributed by atoms with Crippen molar-refractivity contribution >= 4 is 17.3 Å². The minimum Gasteiger partial charge on any atom is -0.489 e. The molecule has 1 fully saturated rings. The van der Waals surface area contributed by atoms with Crippen molar-refractivity contribution in [1.82, 2.24) is 0 Å². The van der Waals surface area contributed by atoms with Gasteiger partial charge in [-0.15, -0.1) is 0 Å². The van der Waals surface area contributed by atoms with E-state index in [-0.39, 0.29) is 5.91 Å². The molecule has 148 valence electrons. The number of amides is 1. The van der Waals surface area contributed by atoms with Crippen molar-refractivity contribution in [3.05, 3.63) is 89.5 Å². The highest BCUT2D eigenvalue weighted by molar-refractivity contribution is 6.05. The molecule has 3 aromatic rings. The number of hydrogen-bond donors (Lipinski definition) is 1. The van der Waals surface area contributed by atoms with Crippen molar-refractivity contribution in [3.63, 3.8) is 0 Å². The Bertz CT molecular complexity index is 979. The molecule has 0 aliphatic carbocycles. The average molecular weight is 386 g/mol. The summed E-state index contributed by atoms with van der Waals surface area (Å²) in [4.78, 5) is 15.4. The van der Waals surface area contributed by atoms with Gasteiger partial charge in [-0.2, -0.15) is 0 Å². The topological polar surface area (TPSA) is 41.6 Å². The zero-order chi connectivity index (χ0) is 20.1. The van der Waals surface area contributed by atoms with E-state index in [1.165, 1.54) is 18.5 Å². The van der Waals surface area contributed by atoms with Crippen LogP contribution in [0.25, 0.3) is 0 Å². The summed E-state index contributed by atoms with van der Waals surface area (Å²) in [5.41, 5.74) is 4.64. The van der Waals surface area contributed by atoms with E-state index in [4.69, 9.17) is 4.74 Å². The van der Waals surface area contributed by atoms with E-state index in [9.17, 15) is 4.79 Å². The Hall–Kier alpha value is -3.27. The smallest absolute Gasteiger partial charge is 0.256 e. The number of nitrogens with one attached hydrogen (secondary N) is 1. The third-order valence-electron chi connectivity index (χ3n) is 5.33. The van der Waals surface area contributed by atoms with Gasteiger partial charge in [0.1, 0.15) is 12.4 Å². The molecule has 4 heteroatoms. The summed E-state index contributed by atoms with van der Waals surface area (Å²) in [5.74, 6) is 0.672. The van der Waals surface area contributed by atoms with Crippen LogP contribution in [-0.2, 0) is 6.61 Å². The minimum atomic E-state index is -0.116. The molecular weight excluding hydrogens is 360 g/mol. The van der Waals surface area contributed by atoms with Crippen LogP contribution in [0.5, 0.6) is 5.75 Å². The molecular formula is C25H26N2O2. The van der Waals surface area contributed by atoms with Crippen molar-refractivity contribution in [2.45, 2.75) is 26.4 Å². The van der Waals surface area contributed by atoms with E-state index in [0.29, 0.717) is 12.2 Å². The number of ether oxygens (including phenoxy) is 1. The van der Waals surface area contributed by atoms with Crippen LogP contribution in [0.1, 0.15) is 34.3 Å². The molecule has 0 saturated carbocycles. The number of rotatable bonds is 6. The van der Waals surface area contributed by atoms with E-state index >= 15 is 0 Å². The lowest BCUT2D eigenvalue weighted by Crippen LogP contribution is -2.18. The summed E-state index contributed by atoms with van der Waals surface area (Å²) >= 11 is 0. The molecule has 0 spiro atoms. The fraction of sp³-hybridized carbons (Fsp3) is 0.240. The zero-order valence-corrected chi connectivity index (χ0v) is 16.7. The first-order valence-electron chi connectivity index (χ1n) is 10.1. The lowest BCUT2D eigenvalue weighted by atomic mass is 10.1. The van der Waals surface area contributed by atoms with Gasteiger partial charge in [-0.3, -0.25) is 4.79 Å². The highest BCUT2D eigenvalue weighted by Gasteiger charge is 2.15. The first-order valence-corrected chi connectivity index (χ1v) is 10.1. The van der Waals surface area contributed by atoms with Crippen molar-refractivity contribution in [1.29, 1.82) is 0 Å². The van der Waals surface area contributed by atoms with Crippen LogP contribution in [0, 0.1) is 6.92 Å². The predicted octanol–water partition coefficient (Wildman–Crippen LogP) is 5.43. The number of aryl methyl sites for hydroxylation is 1. The molecule has 0 atom stereocenters. The summed E-state index contributed by atoms with van der Waals surface area (Å²) in [6.45, 7) is 4.61. The Kier molecular flexibility index (Phi) is 5.80. The summed E-state index contributed by atoms with van der Waals surface area (Å²) < 4.78 is 5.84. The Morgan fingerprint density at radius 3 is 2.45 bits per heavy atom. The number of carbonyl (C=O) groups is 1. The zero-order valence-electron chi connectivity index (χ0n) is 16.7. The quantitative estimate of drug-likeness (QED) is 0.614. The van der Waals surface area contributed by atoms with Crippen molar-refractivity contribution in [2.24, 2.45) is 0 Å². The fourth-order valence-electron chi connectivity index (χ4n) is 3.70. The summed E-state index contributed by atoms with van der Waals surface area (Å²) in [7, 11) is 0. The van der Waals surface area contributed by atoms with Crippen LogP contribution in [0.4, 0.5) is 11.4 Å². The normalized spacial score (nSPS) is 13.3. The fourth-order valence-corrected chi connectivity index (χ4v) is 3.70. The maximum Gasteiger partial charge on any atom is 0.256 e. The van der Waals surface area contributed by atoms with E-state index in [1.807, 2.05) is 67.6 Å². The molecule has 1 N–H and O–H groups in total. The molecule has 0 radical (unpaired) electrons. The average Bonchev–Trinajstić information content (AvgIpc) is 3.29.